The third-order valence-corrected chi connectivity index (χ3v) is 7.11. The molecule has 2 heterocycles. The molecule has 0 saturated carbocycles. The van der Waals surface area contributed by atoms with Gasteiger partial charge in [0.1, 0.15) is 5.82 Å². The van der Waals surface area contributed by atoms with E-state index < -0.39 is 9.84 Å². The van der Waals surface area contributed by atoms with Crippen LogP contribution >= 0.6 is 0 Å². The lowest BCUT2D eigenvalue weighted by Gasteiger charge is -2.22. The monoisotopic (exact) mass is 359 g/mol. The summed E-state index contributed by atoms with van der Waals surface area (Å²) in [6.45, 7) is 1.51. The van der Waals surface area contributed by atoms with Gasteiger partial charge >= 0.3 is 0 Å². The Balaban J connectivity index is 1.46. The average molecular weight is 359 g/mol. The van der Waals surface area contributed by atoms with Crippen molar-refractivity contribution in [1.29, 1.82) is 0 Å². The van der Waals surface area contributed by atoms with Crippen molar-refractivity contribution < 1.29 is 8.42 Å². The first kappa shape index (κ1) is 16.8. The van der Waals surface area contributed by atoms with Crippen molar-refractivity contribution in [2.24, 2.45) is 0 Å². The summed E-state index contributed by atoms with van der Waals surface area (Å²) < 4.78 is 25.1. The number of hydrogen-bond donors (Lipinski definition) is 1. The molecule has 1 aromatic heterocycles. The average Bonchev–Trinajstić information content (AvgIpc) is 3.27. The maximum atomic E-state index is 12.5. The lowest BCUT2D eigenvalue weighted by molar-refractivity contribution is 0.263. The molecule has 134 valence electrons. The van der Waals surface area contributed by atoms with Gasteiger partial charge in [0.25, 0.3) is 0 Å². The number of rotatable bonds is 5. The van der Waals surface area contributed by atoms with Crippen molar-refractivity contribution in [1.82, 2.24) is 14.9 Å². The van der Waals surface area contributed by atoms with Crippen molar-refractivity contribution in [3.63, 3.8) is 0 Å². The molecule has 0 amide bonds. The second-order valence-electron chi connectivity index (χ2n) is 7.08. The molecule has 1 saturated heterocycles. The van der Waals surface area contributed by atoms with E-state index in [0.29, 0.717) is 11.4 Å². The van der Waals surface area contributed by atoms with Gasteiger partial charge in [-0.1, -0.05) is 18.2 Å². The Labute approximate surface area is 149 Å². The number of nitrogens with zero attached hydrogens (tertiary/aromatic N) is 2. The number of imidazole rings is 1. The summed E-state index contributed by atoms with van der Waals surface area (Å²) in [7, 11) is -3.23. The van der Waals surface area contributed by atoms with E-state index in [0.717, 1.165) is 38.1 Å². The normalized spacial score (nSPS) is 21.4. The summed E-state index contributed by atoms with van der Waals surface area (Å²) in [5.41, 5.74) is 2.52. The van der Waals surface area contributed by atoms with Gasteiger partial charge in [-0.2, -0.15) is 0 Å². The smallest absolute Gasteiger partial charge is 0.179 e. The van der Waals surface area contributed by atoms with E-state index in [4.69, 9.17) is 4.98 Å². The molecular formula is C19H25N3O2S. The highest BCUT2D eigenvalue weighted by Crippen LogP contribution is 2.32. The fourth-order valence-electron chi connectivity index (χ4n) is 4.02. The van der Waals surface area contributed by atoms with Crippen LogP contribution in [0.15, 0.2) is 35.2 Å². The molecule has 1 N–H and O–H groups in total. The van der Waals surface area contributed by atoms with Crippen LogP contribution in [0.25, 0.3) is 0 Å². The summed E-state index contributed by atoms with van der Waals surface area (Å²) in [6, 6.07) is 8.98. The molecule has 5 nitrogen and oxygen atoms in total. The number of sulfone groups is 1. The minimum Gasteiger partial charge on any atom is -0.344 e. The first-order chi connectivity index (χ1) is 12.1. The SMILES string of the molecule is O=S(=O)(CCN1CCC[C@H]1c1nc2c([nH]1)CCCC2)c1ccccc1. The first-order valence-corrected chi connectivity index (χ1v) is 10.9. The van der Waals surface area contributed by atoms with Crippen molar-refractivity contribution in [3.05, 3.63) is 47.5 Å². The van der Waals surface area contributed by atoms with Crippen molar-refractivity contribution in [2.75, 3.05) is 18.8 Å². The highest BCUT2D eigenvalue weighted by Gasteiger charge is 2.30. The second-order valence-corrected chi connectivity index (χ2v) is 9.19. The summed E-state index contributed by atoms with van der Waals surface area (Å²) in [4.78, 5) is 11.1. The minimum atomic E-state index is -3.23. The van der Waals surface area contributed by atoms with Crippen molar-refractivity contribution >= 4 is 9.84 Å². The van der Waals surface area contributed by atoms with Crippen LogP contribution in [-0.4, -0.2) is 42.1 Å². The van der Waals surface area contributed by atoms with E-state index in [-0.39, 0.29) is 11.8 Å². The Hall–Kier alpha value is -1.66. The number of likely N-dealkylation sites (tertiary alicyclic amines) is 1. The standard InChI is InChI=1S/C19H25N3O2S/c23-25(24,15-7-2-1-3-8-15)14-13-22-12-6-11-18(22)19-20-16-9-4-5-10-17(16)21-19/h1-3,7-8,18H,4-6,9-14H2,(H,20,21)/t18-/m0/s1. The molecule has 1 aromatic carbocycles. The molecule has 2 aromatic rings. The summed E-state index contributed by atoms with van der Waals surface area (Å²) in [6.07, 6.45) is 6.77. The second kappa shape index (κ2) is 6.92. The van der Waals surface area contributed by atoms with Crippen LogP contribution in [0, 0.1) is 0 Å². The minimum absolute atomic E-state index is 0.161. The van der Waals surface area contributed by atoms with Gasteiger partial charge < -0.3 is 4.98 Å². The van der Waals surface area contributed by atoms with Crippen molar-refractivity contribution in [3.8, 4) is 0 Å². The molecule has 0 unspecified atom stereocenters. The largest absolute Gasteiger partial charge is 0.344 e. The van der Waals surface area contributed by atoms with Gasteiger partial charge in [0.05, 0.1) is 22.4 Å². The van der Waals surface area contributed by atoms with Crippen LogP contribution in [-0.2, 0) is 22.7 Å². The molecule has 1 fully saturated rings. The molecule has 4 rings (SSSR count). The molecule has 6 heteroatoms. The molecular weight excluding hydrogens is 334 g/mol. The van der Waals surface area contributed by atoms with Crippen LogP contribution in [0.2, 0.25) is 0 Å². The van der Waals surface area contributed by atoms with Gasteiger partial charge in [-0.05, 0) is 57.2 Å². The lowest BCUT2D eigenvalue weighted by Crippen LogP contribution is -2.29. The predicted molar refractivity (Wildman–Crippen MR) is 97.3 cm³/mol. The third kappa shape index (κ3) is 3.51. The van der Waals surface area contributed by atoms with E-state index in [1.54, 1.807) is 24.3 Å². The third-order valence-electron chi connectivity index (χ3n) is 5.40. The molecule has 0 bridgehead atoms. The number of aryl methyl sites for hydroxylation is 2. The molecule has 2 aliphatic rings. The predicted octanol–water partition coefficient (Wildman–Crippen LogP) is 2.90. The Bertz CT molecular complexity index is 806. The molecule has 1 aliphatic heterocycles. The Morgan fingerprint density at radius 2 is 1.92 bits per heavy atom. The number of hydrogen-bond acceptors (Lipinski definition) is 4. The highest BCUT2D eigenvalue weighted by atomic mass is 32.2. The highest BCUT2D eigenvalue weighted by molar-refractivity contribution is 7.91. The van der Waals surface area contributed by atoms with Crippen LogP contribution in [0.4, 0.5) is 0 Å². The van der Waals surface area contributed by atoms with E-state index in [1.807, 2.05) is 6.07 Å². The maximum Gasteiger partial charge on any atom is 0.179 e. The molecule has 0 spiro atoms. The number of aromatic nitrogens is 2. The zero-order chi connectivity index (χ0) is 17.3. The fourth-order valence-corrected chi connectivity index (χ4v) is 5.30. The number of H-pyrrole nitrogens is 1. The van der Waals surface area contributed by atoms with Crippen LogP contribution in [0.5, 0.6) is 0 Å². The maximum absolute atomic E-state index is 12.5. The Kier molecular flexibility index (Phi) is 4.65. The summed E-state index contributed by atoms with van der Waals surface area (Å²) in [5.74, 6) is 1.20. The van der Waals surface area contributed by atoms with Gasteiger partial charge in [-0.25, -0.2) is 13.4 Å². The number of aromatic amines is 1. The molecule has 25 heavy (non-hydrogen) atoms. The van der Waals surface area contributed by atoms with E-state index in [1.165, 1.54) is 24.2 Å². The van der Waals surface area contributed by atoms with Crippen LogP contribution in [0.1, 0.15) is 48.9 Å². The van der Waals surface area contributed by atoms with Crippen LogP contribution < -0.4 is 0 Å². The van der Waals surface area contributed by atoms with E-state index in [2.05, 4.69) is 9.88 Å². The van der Waals surface area contributed by atoms with Gasteiger partial charge in [0.2, 0.25) is 0 Å². The lowest BCUT2D eigenvalue weighted by atomic mass is 10.0. The number of benzene rings is 1. The van der Waals surface area contributed by atoms with Gasteiger partial charge in [0.15, 0.2) is 9.84 Å². The summed E-state index contributed by atoms with van der Waals surface area (Å²) >= 11 is 0. The summed E-state index contributed by atoms with van der Waals surface area (Å²) in [5, 5.41) is 0. The molecule has 1 atom stereocenters. The number of fused-ring (bicyclic) bond motifs is 1. The zero-order valence-electron chi connectivity index (χ0n) is 14.4. The number of nitrogens with one attached hydrogen (secondary N) is 1. The van der Waals surface area contributed by atoms with Crippen molar-refractivity contribution in [2.45, 2.75) is 49.5 Å². The fraction of sp³-hybridized carbons (Fsp3) is 0.526. The molecule has 0 radical (unpaired) electrons. The van der Waals surface area contributed by atoms with Gasteiger partial charge in [-0.15, -0.1) is 0 Å². The zero-order valence-corrected chi connectivity index (χ0v) is 15.3. The Morgan fingerprint density at radius 1 is 1.12 bits per heavy atom. The van der Waals surface area contributed by atoms with E-state index in [9.17, 15) is 8.42 Å². The van der Waals surface area contributed by atoms with Gasteiger partial charge in [-0.3, -0.25) is 4.90 Å². The topological polar surface area (TPSA) is 66.1 Å². The van der Waals surface area contributed by atoms with E-state index >= 15 is 0 Å². The molecule has 1 aliphatic carbocycles. The van der Waals surface area contributed by atoms with Crippen LogP contribution in [0.3, 0.4) is 0 Å². The van der Waals surface area contributed by atoms with Gasteiger partial charge in [0, 0.05) is 12.2 Å². The quantitative estimate of drug-likeness (QED) is 0.891. The Morgan fingerprint density at radius 3 is 2.72 bits per heavy atom. The first-order valence-electron chi connectivity index (χ1n) is 9.23.